The van der Waals surface area contributed by atoms with Crippen LogP contribution in [-0.2, 0) is 28.9 Å². The van der Waals surface area contributed by atoms with Gasteiger partial charge >= 0.3 is 0 Å². The van der Waals surface area contributed by atoms with Gasteiger partial charge in [0.1, 0.15) is 0 Å². The van der Waals surface area contributed by atoms with Crippen molar-refractivity contribution in [1.29, 1.82) is 0 Å². The molecule has 0 aliphatic rings. The third-order valence-corrected chi connectivity index (χ3v) is 3.92. The van der Waals surface area contributed by atoms with Gasteiger partial charge in [-0.1, -0.05) is 19.1 Å². The van der Waals surface area contributed by atoms with Gasteiger partial charge in [0.2, 0.25) is 10.0 Å². The van der Waals surface area contributed by atoms with Gasteiger partial charge in [-0.25, -0.2) is 13.6 Å². The summed E-state index contributed by atoms with van der Waals surface area (Å²) in [6.45, 7) is 3.90. The lowest BCUT2D eigenvalue weighted by atomic mass is 10.2. The molecule has 0 amide bonds. The molecule has 0 saturated heterocycles. The van der Waals surface area contributed by atoms with Crippen LogP contribution in [0.15, 0.2) is 42.6 Å². The minimum absolute atomic E-state index is 0.132. The Labute approximate surface area is 125 Å². The molecular weight excluding hydrogens is 286 g/mol. The highest BCUT2D eigenvalue weighted by Crippen LogP contribution is 2.13. The highest BCUT2D eigenvalue weighted by Gasteiger charge is 2.05. The number of hydrogen-bond donors (Lipinski definition) is 2. The standard InChI is InChI=1S/C15H21N3O2S/c1-2-9-18-10-3-4-15(18)11-17-14-7-5-13(6-8-14)12-21(16,19)20/h3-8,10,17H,2,9,11-12H2,1H3,(H2,16,19,20). The average Bonchev–Trinajstić information content (AvgIpc) is 2.84. The summed E-state index contributed by atoms with van der Waals surface area (Å²) in [5.74, 6) is -0.132. The Kier molecular flexibility index (Phi) is 5.03. The van der Waals surface area contributed by atoms with Crippen LogP contribution in [0.25, 0.3) is 0 Å². The molecule has 1 heterocycles. The minimum Gasteiger partial charge on any atom is -0.379 e. The molecule has 0 aliphatic carbocycles. The van der Waals surface area contributed by atoms with Crippen molar-refractivity contribution in [2.45, 2.75) is 32.2 Å². The van der Waals surface area contributed by atoms with Crippen LogP contribution in [0.5, 0.6) is 0 Å². The van der Waals surface area contributed by atoms with Gasteiger partial charge in [-0.2, -0.15) is 0 Å². The van der Waals surface area contributed by atoms with E-state index in [1.165, 1.54) is 5.69 Å². The second-order valence-electron chi connectivity index (χ2n) is 5.05. The van der Waals surface area contributed by atoms with Gasteiger partial charge in [-0.3, -0.25) is 0 Å². The maximum Gasteiger partial charge on any atom is 0.213 e. The lowest BCUT2D eigenvalue weighted by Crippen LogP contribution is -2.14. The zero-order valence-corrected chi connectivity index (χ0v) is 12.9. The molecule has 21 heavy (non-hydrogen) atoms. The third kappa shape index (κ3) is 4.91. The van der Waals surface area contributed by atoms with Gasteiger partial charge in [-0.15, -0.1) is 0 Å². The fourth-order valence-corrected chi connectivity index (χ4v) is 2.87. The van der Waals surface area contributed by atoms with Crippen molar-refractivity contribution in [2.24, 2.45) is 5.14 Å². The summed E-state index contributed by atoms with van der Waals surface area (Å²) in [5, 5.41) is 8.36. The topological polar surface area (TPSA) is 77.1 Å². The van der Waals surface area contributed by atoms with Crippen molar-refractivity contribution in [3.8, 4) is 0 Å². The van der Waals surface area contributed by atoms with Crippen molar-refractivity contribution in [1.82, 2.24) is 4.57 Å². The van der Waals surface area contributed by atoms with Crippen molar-refractivity contribution < 1.29 is 8.42 Å². The maximum absolute atomic E-state index is 11.0. The lowest BCUT2D eigenvalue weighted by molar-refractivity contribution is 0.597. The SMILES string of the molecule is CCCn1cccc1CNc1ccc(CS(N)(=O)=O)cc1. The Morgan fingerprint density at radius 3 is 2.52 bits per heavy atom. The molecular formula is C15H21N3O2S. The molecule has 2 aromatic rings. The van der Waals surface area contributed by atoms with E-state index in [0.29, 0.717) is 5.56 Å². The quantitative estimate of drug-likeness (QED) is 0.824. The second-order valence-corrected chi connectivity index (χ2v) is 6.66. The Morgan fingerprint density at radius 2 is 1.90 bits per heavy atom. The van der Waals surface area contributed by atoms with Crippen LogP contribution in [0.3, 0.4) is 0 Å². The minimum atomic E-state index is -3.47. The van der Waals surface area contributed by atoms with E-state index >= 15 is 0 Å². The third-order valence-electron chi connectivity index (χ3n) is 3.18. The first-order chi connectivity index (χ1) is 9.98. The summed E-state index contributed by atoms with van der Waals surface area (Å²) in [6.07, 6.45) is 3.18. The van der Waals surface area contributed by atoms with Gasteiger partial charge in [0.25, 0.3) is 0 Å². The molecule has 3 N–H and O–H groups in total. The predicted molar refractivity (Wildman–Crippen MR) is 85.3 cm³/mol. The Balaban J connectivity index is 1.96. The maximum atomic E-state index is 11.0. The molecule has 0 bridgehead atoms. The van der Waals surface area contributed by atoms with Crippen molar-refractivity contribution in [3.05, 3.63) is 53.9 Å². The molecule has 5 nitrogen and oxygen atoms in total. The molecule has 1 aromatic heterocycles. The van der Waals surface area contributed by atoms with E-state index in [9.17, 15) is 8.42 Å². The lowest BCUT2D eigenvalue weighted by Gasteiger charge is -2.10. The summed E-state index contributed by atoms with van der Waals surface area (Å²) < 4.78 is 24.3. The Morgan fingerprint density at radius 1 is 1.19 bits per heavy atom. The van der Waals surface area contributed by atoms with E-state index in [0.717, 1.165) is 25.2 Å². The first kappa shape index (κ1) is 15.6. The summed E-state index contributed by atoms with van der Waals surface area (Å²) >= 11 is 0. The van der Waals surface area contributed by atoms with Gasteiger partial charge in [0.05, 0.1) is 12.3 Å². The van der Waals surface area contributed by atoms with Crippen LogP contribution in [0.1, 0.15) is 24.6 Å². The highest BCUT2D eigenvalue weighted by molar-refractivity contribution is 7.88. The zero-order chi connectivity index (χ0) is 15.3. The molecule has 0 aliphatic heterocycles. The fourth-order valence-electron chi connectivity index (χ4n) is 2.21. The number of hydrogen-bond acceptors (Lipinski definition) is 3. The van der Waals surface area contributed by atoms with Crippen LogP contribution in [0.4, 0.5) is 5.69 Å². The van der Waals surface area contributed by atoms with E-state index < -0.39 is 10.0 Å². The van der Waals surface area contributed by atoms with Crippen LogP contribution < -0.4 is 10.5 Å². The smallest absolute Gasteiger partial charge is 0.213 e. The normalized spacial score (nSPS) is 11.5. The molecule has 6 heteroatoms. The number of sulfonamides is 1. The van der Waals surface area contributed by atoms with E-state index in [4.69, 9.17) is 5.14 Å². The first-order valence-electron chi connectivity index (χ1n) is 6.95. The van der Waals surface area contributed by atoms with E-state index in [1.54, 1.807) is 12.1 Å². The number of nitrogens with two attached hydrogens (primary N) is 1. The molecule has 0 radical (unpaired) electrons. The Hall–Kier alpha value is -1.79. The van der Waals surface area contributed by atoms with Crippen molar-refractivity contribution in [3.63, 3.8) is 0 Å². The van der Waals surface area contributed by atoms with Crippen LogP contribution in [0.2, 0.25) is 0 Å². The molecule has 0 fully saturated rings. The van der Waals surface area contributed by atoms with E-state index in [1.807, 2.05) is 18.2 Å². The second kappa shape index (κ2) is 6.78. The molecule has 0 unspecified atom stereocenters. The highest BCUT2D eigenvalue weighted by atomic mass is 32.2. The van der Waals surface area contributed by atoms with Gasteiger partial charge in [0, 0.05) is 24.1 Å². The van der Waals surface area contributed by atoms with Crippen molar-refractivity contribution >= 4 is 15.7 Å². The Bertz CT molecular complexity index is 675. The molecule has 0 atom stereocenters. The number of benzene rings is 1. The van der Waals surface area contributed by atoms with E-state index in [2.05, 4.69) is 29.1 Å². The number of anilines is 1. The average molecular weight is 307 g/mol. The fraction of sp³-hybridized carbons (Fsp3) is 0.333. The molecule has 114 valence electrons. The molecule has 0 saturated carbocycles. The van der Waals surface area contributed by atoms with Crippen LogP contribution in [0, 0.1) is 0 Å². The molecule has 2 rings (SSSR count). The summed E-state index contributed by atoms with van der Waals surface area (Å²) in [6, 6.07) is 11.4. The summed E-state index contributed by atoms with van der Waals surface area (Å²) in [4.78, 5) is 0. The first-order valence-corrected chi connectivity index (χ1v) is 8.67. The largest absolute Gasteiger partial charge is 0.379 e. The van der Waals surface area contributed by atoms with Crippen LogP contribution in [-0.4, -0.2) is 13.0 Å². The monoisotopic (exact) mass is 307 g/mol. The number of aromatic nitrogens is 1. The number of aryl methyl sites for hydroxylation is 1. The molecule has 1 aromatic carbocycles. The number of nitrogens with one attached hydrogen (secondary N) is 1. The number of rotatable bonds is 7. The summed E-state index contributed by atoms with van der Waals surface area (Å²) in [5.41, 5.74) is 2.88. The predicted octanol–water partition coefficient (Wildman–Crippen LogP) is 2.30. The van der Waals surface area contributed by atoms with Crippen LogP contribution >= 0.6 is 0 Å². The van der Waals surface area contributed by atoms with Gasteiger partial charge in [0.15, 0.2) is 0 Å². The zero-order valence-electron chi connectivity index (χ0n) is 12.1. The van der Waals surface area contributed by atoms with Gasteiger partial charge < -0.3 is 9.88 Å². The number of primary sulfonamides is 1. The van der Waals surface area contributed by atoms with Crippen molar-refractivity contribution in [2.75, 3.05) is 5.32 Å². The molecule has 0 spiro atoms. The number of nitrogens with zero attached hydrogens (tertiary/aromatic N) is 1. The van der Waals surface area contributed by atoms with E-state index in [-0.39, 0.29) is 5.75 Å². The summed E-state index contributed by atoms with van der Waals surface area (Å²) in [7, 11) is -3.47. The van der Waals surface area contributed by atoms with Gasteiger partial charge in [-0.05, 0) is 36.2 Å².